The monoisotopic (exact) mass is 534 g/mol. The number of rotatable bonds is 11. The van der Waals surface area contributed by atoms with E-state index in [1.165, 1.54) is 24.8 Å². The smallest absolute Gasteiger partial charge is 0.227 e. The van der Waals surface area contributed by atoms with Crippen molar-refractivity contribution in [2.45, 2.75) is 63.0 Å². The predicted molar refractivity (Wildman–Crippen MR) is 158 cm³/mol. The van der Waals surface area contributed by atoms with Gasteiger partial charge in [0.1, 0.15) is 6.07 Å². The van der Waals surface area contributed by atoms with Crippen LogP contribution in [0.15, 0.2) is 34.7 Å². The molecule has 1 aromatic carbocycles. The van der Waals surface area contributed by atoms with Crippen molar-refractivity contribution in [3.8, 4) is 16.6 Å². The number of anilines is 3. The van der Waals surface area contributed by atoms with E-state index in [1.807, 2.05) is 18.3 Å². The number of nitriles is 1. The van der Waals surface area contributed by atoms with Crippen LogP contribution in [0, 0.1) is 18.3 Å². The minimum absolute atomic E-state index is 0.431. The van der Waals surface area contributed by atoms with E-state index in [2.05, 4.69) is 65.7 Å². The van der Waals surface area contributed by atoms with E-state index in [-0.39, 0.29) is 0 Å². The summed E-state index contributed by atoms with van der Waals surface area (Å²) in [4.78, 5) is 13.1. The first-order valence-corrected chi connectivity index (χ1v) is 15.4. The summed E-state index contributed by atoms with van der Waals surface area (Å²) in [5, 5.41) is 17.0. The third-order valence-corrected chi connectivity index (χ3v) is 9.51. The summed E-state index contributed by atoms with van der Waals surface area (Å²) in [6.45, 7) is 10.5. The number of hydrogen-bond donors (Lipinski definition) is 2. The molecule has 1 aliphatic carbocycles. The highest BCUT2D eigenvalue weighted by Crippen LogP contribution is 2.48. The Morgan fingerprint density at radius 3 is 2.62 bits per heavy atom. The molecule has 8 heteroatoms. The molecular formula is C29H38N6S2. The van der Waals surface area contributed by atoms with Gasteiger partial charge in [-0.05, 0) is 74.4 Å². The zero-order valence-corrected chi connectivity index (χ0v) is 24.1. The topological polar surface area (TPSA) is 76.9 Å². The number of aromatic nitrogens is 2. The van der Waals surface area contributed by atoms with Gasteiger partial charge < -0.3 is 15.5 Å². The summed E-state index contributed by atoms with van der Waals surface area (Å²) < 4.78 is 1.09. The van der Waals surface area contributed by atoms with Crippen LogP contribution in [0.2, 0.25) is 0 Å². The summed E-state index contributed by atoms with van der Waals surface area (Å²) >= 11 is 3.38. The Morgan fingerprint density at radius 2 is 1.92 bits per heavy atom. The molecule has 2 aromatic heterocycles. The minimum atomic E-state index is 0.431. The summed E-state index contributed by atoms with van der Waals surface area (Å²) in [7, 11) is 0. The Labute approximate surface area is 229 Å². The quantitative estimate of drug-likeness (QED) is 0.245. The number of likely N-dealkylation sites (N-methyl/N-ethyl adjacent to an activating group) is 1. The van der Waals surface area contributed by atoms with Gasteiger partial charge in [-0.3, -0.25) is 0 Å². The fourth-order valence-corrected chi connectivity index (χ4v) is 7.16. The molecule has 0 radical (unpaired) electrons. The molecule has 0 atom stereocenters. The zero-order chi connectivity index (χ0) is 26.2. The first kappa shape index (κ1) is 27.4. The fourth-order valence-electron chi connectivity index (χ4n) is 5.09. The maximum atomic E-state index is 10.1. The lowest BCUT2D eigenvalue weighted by Crippen LogP contribution is -2.28. The van der Waals surface area contributed by atoms with E-state index in [0.717, 1.165) is 76.3 Å². The molecule has 1 aliphatic rings. The molecule has 2 N–H and O–H groups in total. The van der Waals surface area contributed by atoms with Gasteiger partial charge in [0.15, 0.2) is 0 Å². The second-order valence-corrected chi connectivity index (χ2v) is 11.6. The lowest BCUT2D eigenvalue weighted by Gasteiger charge is -2.23. The molecule has 1 saturated carbocycles. The van der Waals surface area contributed by atoms with Crippen molar-refractivity contribution in [2.75, 3.05) is 43.1 Å². The molecular weight excluding hydrogens is 496 g/mol. The van der Waals surface area contributed by atoms with Crippen LogP contribution in [-0.2, 0) is 0 Å². The van der Waals surface area contributed by atoms with E-state index >= 15 is 0 Å². The molecule has 196 valence electrons. The molecule has 0 bridgehead atoms. The maximum Gasteiger partial charge on any atom is 0.227 e. The van der Waals surface area contributed by atoms with E-state index in [4.69, 9.17) is 4.98 Å². The number of hydrogen-bond acceptors (Lipinski definition) is 8. The summed E-state index contributed by atoms with van der Waals surface area (Å²) in [5.41, 5.74) is 6.06. The minimum Gasteiger partial charge on any atom is -0.384 e. The van der Waals surface area contributed by atoms with Crippen LogP contribution >= 0.6 is 23.1 Å². The molecule has 0 saturated heterocycles. The largest absolute Gasteiger partial charge is 0.384 e. The number of nitrogens with zero attached hydrogens (tertiary/aromatic N) is 4. The van der Waals surface area contributed by atoms with Crippen LogP contribution < -0.4 is 10.6 Å². The Balaban J connectivity index is 1.59. The SMILES string of the molecule is CCN(CC)CCNc1cccc(Nc2ncc(C)c(-c3sc(SC)c(C#N)c3C3CCCCC3)n2)c1. The zero-order valence-electron chi connectivity index (χ0n) is 22.4. The number of benzene rings is 1. The van der Waals surface area contributed by atoms with Gasteiger partial charge in [0.25, 0.3) is 0 Å². The number of aryl methyl sites for hydroxylation is 1. The van der Waals surface area contributed by atoms with E-state index in [1.54, 1.807) is 23.1 Å². The highest BCUT2D eigenvalue weighted by Gasteiger charge is 2.28. The van der Waals surface area contributed by atoms with Crippen LogP contribution in [0.5, 0.6) is 0 Å². The van der Waals surface area contributed by atoms with Gasteiger partial charge >= 0.3 is 0 Å². The third-order valence-electron chi connectivity index (χ3n) is 7.18. The average molecular weight is 535 g/mol. The van der Waals surface area contributed by atoms with Crippen LogP contribution in [-0.4, -0.2) is 47.3 Å². The first-order chi connectivity index (χ1) is 18.1. The summed E-state index contributed by atoms with van der Waals surface area (Å²) in [6, 6.07) is 10.8. The normalized spacial score (nSPS) is 14.1. The number of thioether (sulfide) groups is 1. The van der Waals surface area contributed by atoms with Crippen molar-refractivity contribution in [1.29, 1.82) is 5.26 Å². The van der Waals surface area contributed by atoms with Gasteiger partial charge in [0.2, 0.25) is 5.95 Å². The first-order valence-electron chi connectivity index (χ1n) is 13.4. The van der Waals surface area contributed by atoms with Crippen LogP contribution in [0.1, 0.15) is 68.6 Å². The van der Waals surface area contributed by atoms with Crippen molar-refractivity contribution in [3.05, 3.63) is 47.2 Å². The summed E-state index contributed by atoms with van der Waals surface area (Å²) in [5.74, 6) is 1.01. The third kappa shape index (κ3) is 6.64. The fraction of sp³-hybridized carbons (Fsp3) is 0.483. The molecule has 3 aromatic rings. The molecule has 37 heavy (non-hydrogen) atoms. The highest BCUT2D eigenvalue weighted by molar-refractivity contribution is 8.00. The Bertz CT molecular complexity index is 1220. The molecule has 4 rings (SSSR count). The van der Waals surface area contributed by atoms with Crippen molar-refractivity contribution < 1.29 is 0 Å². The van der Waals surface area contributed by atoms with Gasteiger partial charge in [-0.25, -0.2) is 9.97 Å². The second kappa shape index (κ2) is 13.3. The van der Waals surface area contributed by atoms with E-state index < -0.39 is 0 Å². The molecule has 1 fully saturated rings. The van der Waals surface area contributed by atoms with Crippen LogP contribution in [0.25, 0.3) is 10.6 Å². The van der Waals surface area contributed by atoms with Gasteiger partial charge in [0, 0.05) is 30.7 Å². The highest BCUT2D eigenvalue weighted by atomic mass is 32.2. The molecule has 0 unspecified atom stereocenters. The van der Waals surface area contributed by atoms with Crippen molar-refractivity contribution in [2.24, 2.45) is 0 Å². The Hall–Kier alpha value is -2.60. The maximum absolute atomic E-state index is 10.1. The Kier molecular flexibility index (Phi) is 9.84. The molecule has 6 nitrogen and oxygen atoms in total. The standard InChI is InChI=1S/C29H38N6S2/c1-5-35(6-2)16-15-31-22-13-10-14-23(17-22)33-29-32-19-20(3)26(34-29)27-25(21-11-8-7-9-12-21)24(18-30)28(36-4)37-27/h10,13-14,17,19,21,31H,5-9,11-12,15-16H2,1-4H3,(H,32,33,34). The van der Waals surface area contributed by atoms with Gasteiger partial charge in [0.05, 0.1) is 20.3 Å². The van der Waals surface area contributed by atoms with E-state index in [9.17, 15) is 5.26 Å². The number of thiophene rings is 1. The van der Waals surface area contributed by atoms with Crippen molar-refractivity contribution in [3.63, 3.8) is 0 Å². The number of nitrogens with one attached hydrogen (secondary N) is 2. The lowest BCUT2D eigenvalue weighted by molar-refractivity contribution is 0.316. The lowest BCUT2D eigenvalue weighted by atomic mass is 9.82. The van der Waals surface area contributed by atoms with Crippen molar-refractivity contribution >= 4 is 40.4 Å². The van der Waals surface area contributed by atoms with Gasteiger partial charge in [-0.1, -0.05) is 39.2 Å². The van der Waals surface area contributed by atoms with Crippen LogP contribution in [0.4, 0.5) is 17.3 Å². The van der Waals surface area contributed by atoms with Gasteiger partial charge in [-0.15, -0.1) is 23.1 Å². The van der Waals surface area contributed by atoms with E-state index in [0.29, 0.717) is 11.9 Å². The molecule has 0 aliphatic heterocycles. The summed E-state index contributed by atoms with van der Waals surface area (Å²) in [6.07, 6.45) is 10.0. The molecule has 2 heterocycles. The molecule has 0 spiro atoms. The predicted octanol–water partition coefficient (Wildman–Crippen LogP) is 7.65. The second-order valence-electron chi connectivity index (χ2n) is 9.54. The van der Waals surface area contributed by atoms with Crippen molar-refractivity contribution in [1.82, 2.24) is 14.9 Å². The Morgan fingerprint density at radius 1 is 1.16 bits per heavy atom. The van der Waals surface area contributed by atoms with Crippen LogP contribution in [0.3, 0.4) is 0 Å². The van der Waals surface area contributed by atoms with Gasteiger partial charge in [-0.2, -0.15) is 5.26 Å². The average Bonchev–Trinajstić information content (AvgIpc) is 3.31. The molecule has 0 amide bonds.